The van der Waals surface area contributed by atoms with Gasteiger partial charge in [0.2, 0.25) is 5.91 Å². The fourth-order valence-electron chi connectivity index (χ4n) is 4.57. The fraction of sp³-hybridized carbons (Fsp3) is 0.682. The van der Waals surface area contributed by atoms with Gasteiger partial charge < -0.3 is 9.47 Å². The number of nitrogens with zero attached hydrogens (tertiary/aromatic N) is 5. The second kappa shape index (κ2) is 8.10. The van der Waals surface area contributed by atoms with Crippen molar-refractivity contribution in [3.05, 3.63) is 35.2 Å². The van der Waals surface area contributed by atoms with E-state index in [2.05, 4.69) is 39.6 Å². The summed E-state index contributed by atoms with van der Waals surface area (Å²) in [6.45, 7) is 9.64. The van der Waals surface area contributed by atoms with Crippen molar-refractivity contribution in [2.24, 2.45) is 5.92 Å². The van der Waals surface area contributed by atoms with Gasteiger partial charge in [0.1, 0.15) is 5.82 Å². The summed E-state index contributed by atoms with van der Waals surface area (Å²) in [4.78, 5) is 19.6. The molecule has 0 bridgehead atoms. The summed E-state index contributed by atoms with van der Waals surface area (Å²) in [7, 11) is 0. The molecule has 1 unspecified atom stereocenters. The summed E-state index contributed by atoms with van der Waals surface area (Å²) in [5.41, 5.74) is 3.45. The number of aromatic nitrogens is 4. The minimum Gasteiger partial charge on any atom is -0.342 e. The summed E-state index contributed by atoms with van der Waals surface area (Å²) in [6, 6.07) is 0. The average molecular weight is 384 g/mol. The molecular weight excluding hydrogens is 350 g/mol. The van der Waals surface area contributed by atoms with Gasteiger partial charge in [-0.25, -0.2) is 4.98 Å². The lowest BCUT2D eigenvalue weighted by molar-refractivity contribution is -0.132. The molecule has 2 aromatic rings. The molecule has 2 fully saturated rings. The molecule has 1 saturated carbocycles. The van der Waals surface area contributed by atoms with E-state index in [-0.39, 0.29) is 5.91 Å². The van der Waals surface area contributed by atoms with E-state index >= 15 is 0 Å². The molecule has 1 atom stereocenters. The van der Waals surface area contributed by atoms with Gasteiger partial charge in [-0.1, -0.05) is 6.42 Å². The first-order chi connectivity index (χ1) is 13.5. The SMILES string of the molecule is Cc1nn(CCC(=O)N2CCCC(c3nccn3CC3CCC3)C2)c(C)c1C. The first kappa shape index (κ1) is 19.2. The Labute approximate surface area is 167 Å². The van der Waals surface area contributed by atoms with Crippen molar-refractivity contribution in [2.75, 3.05) is 13.1 Å². The van der Waals surface area contributed by atoms with Crippen LogP contribution in [0.2, 0.25) is 0 Å². The summed E-state index contributed by atoms with van der Waals surface area (Å²) < 4.78 is 4.33. The van der Waals surface area contributed by atoms with E-state index in [1.807, 2.05) is 17.8 Å². The van der Waals surface area contributed by atoms with Gasteiger partial charge in [-0.05, 0) is 57.9 Å². The molecule has 0 spiro atoms. The first-order valence-corrected chi connectivity index (χ1v) is 10.8. The molecule has 1 aliphatic carbocycles. The van der Waals surface area contributed by atoms with Gasteiger partial charge in [0.05, 0.1) is 5.69 Å². The van der Waals surface area contributed by atoms with Gasteiger partial charge >= 0.3 is 0 Å². The van der Waals surface area contributed by atoms with Crippen LogP contribution in [0.15, 0.2) is 12.4 Å². The molecular formula is C22H33N5O. The highest BCUT2D eigenvalue weighted by molar-refractivity contribution is 5.76. The first-order valence-electron chi connectivity index (χ1n) is 10.8. The maximum Gasteiger partial charge on any atom is 0.224 e. The Bertz CT molecular complexity index is 832. The van der Waals surface area contributed by atoms with Crippen LogP contribution in [0.5, 0.6) is 0 Å². The van der Waals surface area contributed by atoms with Gasteiger partial charge in [-0.3, -0.25) is 9.48 Å². The molecule has 0 radical (unpaired) electrons. The Morgan fingerprint density at radius 2 is 2.00 bits per heavy atom. The topological polar surface area (TPSA) is 56.0 Å². The number of amides is 1. The van der Waals surface area contributed by atoms with Crippen LogP contribution in [0, 0.1) is 26.7 Å². The zero-order chi connectivity index (χ0) is 19.7. The Morgan fingerprint density at radius 1 is 1.18 bits per heavy atom. The molecule has 1 amide bonds. The van der Waals surface area contributed by atoms with E-state index in [0.717, 1.165) is 44.1 Å². The predicted octanol–water partition coefficient (Wildman–Crippen LogP) is 3.60. The third-order valence-electron chi connectivity index (χ3n) is 6.85. The fourth-order valence-corrected chi connectivity index (χ4v) is 4.57. The van der Waals surface area contributed by atoms with Crippen molar-refractivity contribution >= 4 is 5.91 Å². The number of hydrogen-bond donors (Lipinski definition) is 0. The lowest BCUT2D eigenvalue weighted by Crippen LogP contribution is -2.40. The second-order valence-corrected chi connectivity index (χ2v) is 8.68. The second-order valence-electron chi connectivity index (χ2n) is 8.68. The number of hydrogen-bond acceptors (Lipinski definition) is 3. The number of carbonyl (C=O) groups excluding carboxylic acids is 1. The molecule has 6 heteroatoms. The molecule has 2 aromatic heterocycles. The van der Waals surface area contributed by atoms with Crippen molar-refractivity contribution in [3.63, 3.8) is 0 Å². The van der Waals surface area contributed by atoms with Crippen LogP contribution in [-0.2, 0) is 17.9 Å². The molecule has 3 heterocycles. The Balaban J connectivity index is 1.36. The molecule has 0 N–H and O–H groups in total. The van der Waals surface area contributed by atoms with Crippen LogP contribution in [0.25, 0.3) is 0 Å². The number of aryl methyl sites for hydroxylation is 2. The van der Waals surface area contributed by atoms with Gasteiger partial charge in [0.25, 0.3) is 0 Å². The third-order valence-corrected chi connectivity index (χ3v) is 6.85. The maximum absolute atomic E-state index is 12.9. The number of carbonyl (C=O) groups is 1. The van der Waals surface area contributed by atoms with Crippen molar-refractivity contribution < 1.29 is 4.79 Å². The van der Waals surface area contributed by atoms with E-state index in [0.29, 0.717) is 18.9 Å². The van der Waals surface area contributed by atoms with E-state index in [4.69, 9.17) is 0 Å². The molecule has 4 rings (SSSR count). The van der Waals surface area contributed by atoms with Gasteiger partial charge in [-0.15, -0.1) is 0 Å². The highest BCUT2D eigenvalue weighted by Gasteiger charge is 2.28. The Hall–Kier alpha value is -2.11. The zero-order valence-corrected chi connectivity index (χ0v) is 17.5. The molecule has 1 aliphatic heterocycles. The predicted molar refractivity (Wildman–Crippen MR) is 109 cm³/mol. The van der Waals surface area contributed by atoms with Crippen LogP contribution in [0.4, 0.5) is 0 Å². The van der Waals surface area contributed by atoms with E-state index in [1.54, 1.807) is 0 Å². The van der Waals surface area contributed by atoms with Gasteiger partial charge in [0.15, 0.2) is 0 Å². The monoisotopic (exact) mass is 383 g/mol. The highest BCUT2D eigenvalue weighted by atomic mass is 16.2. The van der Waals surface area contributed by atoms with Crippen LogP contribution in [0.1, 0.15) is 67.2 Å². The molecule has 6 nitrogen and oxygen atoms in total. The van der Waals surface area contributed by atoms with E-state index in [9.17, 15) is 4.79 Å². The smallest absolute Gasteiger partial charge is 0.224 e. The summed E-state index contributed by atoms with van der Waals surface area (Å²) in [5, 5.41) is 4.57. The zero-order valence-electron chi connectivity index (χ0n) is 17.5. The molecule has 1 saturated heterocycles. The molecule has 0 aromatic carbocycles. The summed E-state index contributed by atoms with van der Waals surface area (Å²) in [5.74, 6) is 2.60. The highest BCUT2D eigenvalue weighted by Crippen LogP contribution is 2.31. The summed E-state index contributed by atoms with van der Waals surface area (Å²) >= 11 is 0. The largest absolute Gasteiger partial charge is 0.342 e. The minimum atomic E-state index is 0.243. The minimum absolute atomic E-state index is 0.243. The number of piperidine rings is 1. The van der Waals surface area contributed by atoms with E-state index < -0.39 is 0 Å². The maximum atomic E-state index is 12.9. The lowest BCUT2D eigenvalue weighted by Gasteiger charge is -2.34. The summed E-state index contributed by atoms with van der Waals surface area (Å²) in [6.07, 6.45) is 10.8. The van der Waals surface area contributed by atoms with Gasteiger partial charge in [0, 0.05) is 56.6 Å². The standard InChI is InChI=1S/C22H33N5O/c1-16-17(2)24-27(18(16)3)12-9-21(28)25-11-5-8-20(15-25)22-23-10-13-26(22)14-19-6-4-7-19/h10,13,19-20H,4-9,11-12,14-15H2,1-3H3. The van der Waals surface area contributed by atoms with Crippen LogP contribution in [-0.4, -0.2) is 43.2 Å². The number of likely N-dealkylation sites (tertiary alicyclic amines) is 1. The Kier molecular flexibility index (Phi) is 5.56. The molecule has 28 heavy (non-hydrogen) atoms. The van der Waals surface area contributed by atoms with Crippen molar-refractivity contribution in [3.8, 4) is 0 Å². The Morgan fingerprint density at radius 3 is 2.68 bits per heavy atom. The molecule has 2 aliphatic rings. The lowest BCUT2D eigenvalue weighted by atomic mass is 9.85. The van der Waals surface area contributed by atoms with Crippen LogP contribution in [0.3, 0.4) is 0 Å². The third kappa shape index (κ3) is 3.87. The number of rotatable bonds is 6. The van der Waals surface area contributed by atoms with E-state index in [1.165, 1.54) is 36.3 Å². The average Bonchev–Trinajstić information content (AvgIpc) is 3.23. The quantitative estimate of drug-likeness (QED) is 0.766. The molecule has 152 valence electrons. The normalized spacial score (nSPS) is 20.4. The van der Waals surface area contributed by atoms with Gasteiger partial charge in [-0.2, -0.15) is 5.10 Å². The van der Waals surface area contributed by atoms with Crippen molar-refractivity contribution in [1.29, 1.82) is 0 Å². The van der Waals surface area contributed by atoms with Crippen LogP contribution >= 0.6 is 0 Å². The van der Waals surface area contributed by atoms with Crippen molar-refractivity contribution in [1.82, 2.24) is 24.2 Å². The number of imidazole rings is 1. The van der Waals surface area contributed by atoms with Crippen LogP contribution < -0.4 is 0 Å². The van der Waals surface area contributed by atoms with Crippen molar-refractivity contribution in [2.45, 2.75) is 78.3 Å².